The second-order valence-corrected chi connectivity index (χ2v) is 2.72. The highest BCUT2D eigenvalue weighted by Gasteiger charge is 2.02. The summed E-state index contributed by atoms with van der Waals surface area (Å²) >= 11 is 0. The Morgan fingerprint density at radius 3 is 2.92 bits per heavy atom. The molecule has 0 saturated heterocycles. The third-order valence-electron chi connectivity index (χ3n) is 1.80. The molecular weight excluding hydrogens is 168 g/mol. The van der Waals surface area contributed by atoms with E-state index in [1.807, 2.05) is 13.0 Å². The lowest BCUT2D eigenvalue weighted by molar-refractivity contribution is 0.507. The first-order chi connectivity index (χ1) is 6.36. The van der Waals surface area contributed by atoms with E-state index in [9.17, 15) is 0 Å². The minimum atomic E-state index is 0.510. The second kappa shape index (κ2) is 3.35. The fourth-order valence-electron chi connectivity index (χ4n) is 1.05. The maximum Gasteiger partial charge on any atom is 0.294 e. The Kier molecular flexibility index (Phi) is 2.04. The Bertz CT molecular complexity index is 365. The Morgan fingerprint density at radius 1 is 1.38 bits per heavy atom. The lowest BCUT2D eigenvalue weighted by atomic mass is 10.3. The highest BCUT2D eigenvalue weighted by atomic mass is 16.4. The number of hydrogen-bond acceptors (Lipinski definition) is 4. The van der Waals surface area contributed by atoms with Gasteiger partial charge in [0.2, 0.25) is 0 Å². The molecule has 0 aliphatic heterocycles. The molecule has 0 spiro atoms. The number of furan rings is 1. The van der Waals surface area contributed by atoms with Crippen LogP contribution >= 0.6 is 0 Å². The van der Waals surface area contributed by atoms with Crippen LogP contribution in [0.25, 0.3) is 0 Å². The topological polar surface area (TPSA) is 51.2 Å². The molecule has 0 unspecified atom stereocenters. The van der Waals surface area contributed by atoms with E-state index >= 15 is 0 Å². The van der Waals surface area contributed by atoms with E-state index in [-0.39, 0.29) is 0 Å². The number of hydrogen-bond donors (Lipinski definition) is 1. The van der Waals surface area contributed by atoms with E-state index in [1.54, 1.807) is 12.5 Å². The molecule has 68 valence electrons. The third-order valence-corrected chi connectivity index (χ3v) is 1.80. The number of aryl methyl sites for hydroxylation is 1. The zero-order valence-electron chi connectivity index (χ0n) is 7.28. The van der Waals surface area contributed by atoms with Crippen molar-refractivity contribution in [2.45, 2.75) is 13.5 Å². The van der Waals surface area contributed by atoms with Gasteiger partial charge in [0.1, 0.15) is 12.0 Å². The molecule has 4 heteroatoms. The van der Waals surface area contributed by atoms with Crippen molar-refractivity contribution in [1.82, 2.24) is 4.98 Å². The number of rotatable bonds is 3. The largest absolute Gasteiger partial charge is 0.467 e. The molecule has 2 rings (SSSR count). The molecule has 0 atom stereocenters. The van der Waals surface area contributed by atoms with Crippen LogP contribution in [0, 0.1) is 6.92 Å². The lowest BCUT2D eigenvalue weighted by Gasteiger charge is -1.98. The van der Waals surface area contributed by atoms with Crippen molar-refractivity contribution < 1.29 is 8.83 Å². The normalized spacial score (nSPS) is 10.2. The zero-order valence-corrected chi connectivity index (χ0v) is 7.28. The first-order valence-electron chi connectivity index (χ1n) is 4.02. The minimum Gasteiger partial charge on any atom is -0.467 e. The van der Waals surface area contributed by atoms with Gasteiger partial charge in [-0.3, -0.25) is 0 Å². The Hall–Kier alpha value is -1.71. The lowest BCUT2D eigenvalue weighted by Crippen LogP contribution is -1.99. The van der Waals surface area contributed by atoms with Gasteiger partial charge in [-0.25, -0.2) is 4.98 Å². The van der Waals surface area contributed by atoms with Crippen molar-refractivity contribution in [2.24, 2.45) is 0 Å². The van der Waals surface area contributed by atoms with E-state index in [0.29, 0.717) is 12.6 Å². The summed E-state index contributed by atoms with van der Waals surface area (Å²) in [6, 6.07) is 2.43. The third kappa shape index (κ3) is 1.72. The summed E-state index contributed by atoms with van der Waals surface area (Å²) < 4.78 is 10.2. The maximum absolute atomic E-state index is 5.23. The molecule has 4 nitrogen and oxygen atoms in total. The van der Waals surface area contributed by atoms with Gasteiger partial charge in [0.25, 0.3) is 6.01 Å². The van der Waals surface area contributed by atoms with Gasteiger partial charge in [0.15, 0.2) is 0 Å². The first kappa shape index (κ1) is 7.91. The molecule has 2 heterocycles. The highest BCUT2D eigenvalue weighted by Crippen LogP contribution is 2.11. The summed E-state index contributed by atoms with van der Waals surface area (Å²) in [4.78, 5) is 3.93. The van der Waals surface area contributed by atoms with E-state index in [2.05, 4.69) is 10.3 Å². The molecule has 0 aliphatic rings. The summed E-state index contributed by atoms with van der Waals surface area (Å²) in [6.07, 6.45) is 4.79. The van der Waals surface area contributed by atoms with Gasteiger partial charge in [-0.15, -0.1) is 0 Å². The number of aromatic nitrogens is 1. The molecule has 0 aromatic carbocycles. The SMILES string of the molecule is Cc1ccoc1CNc1ncco1. The molecule has 0 saturated carbocycles. The smallest absolute Gasteiger partial charge is 0.294 e. The van der Waals surface area contributed by atoms with Crippen LogP contribution in [0.1, 0.15) is 11.3 Å². The highest BCUT2D eigenvalue weighted by molar-refractivity contribution is 5.23. The summed E-state index contributed by atoms with van der Waals surface area (Å²) in [7, 11) is 0. The standard InChI is InChI=1S/C9H10N2O2/c1-7-2-4-12-8(7)6-11-9-10-3-5-13-9/h2-5H,6H2,1H3,(H,10,11). The maximum atomic E-state index is 5.23. The van der Waals surface area contributed by atoms with Crippen LogP contribution in [-0.4, -0.2) is 4.98 Å². The average molecular weight is 178 g/mol. The monoisotopic (exact) mass is 178 g/mol. The summed E-state index contributed by atoms with van der Waals surface area (Å²) in [5.41, 5.74) is 1.12. The molecule has 13 heavy (non-hydrogen) atoms. The van der Waals surface area contributed by atoms with E-state index in [4.69, 9.17) is 8.83 Å². The van der Waals surface area contributed by atoms with Crippen LogP contribution < -0.4 is 5.32 Å². The van der Waals surface area contributed by atoms with E-state index in [0.717, 1.165) is 11.3 Å². The number of nitrogens with one attached hydrogen (secondary N) is 1. The molecule has 2 aromatic rings. The molecule has 0 bridgehead atoms. The Morgan fingerprint density at radius 2 is 2.31 bits per heavy atom. The van der Waals surface area contributed by atoms with Crippen LogP contribution in [-0.2, 0) is 6.54 Å². The Labute approximate surface area is 75.6 Å². The fraction of sp³-hybridized carbons (Fsp3) is 0.222. The fourth-order valence-corrected chi connectivity index (χ4v) is 1.05. The Balaban J connectivity index is 1.97. The van der Waals surface area contributed by atoms with E-state index < -0.39 is 0 Å². The van der Waals surface area contributed by atoms with Crippen molar-refractivity contribution in [3.8, 4) is 0 Å². The van der Waals surface area contributed by atoms with Gasteiger partial charge in [0, 0.05) is 0 Å². The van der Waals surface area contributed by atoms with Crippen LogP contribution in [0.5, 0.6) is 0 Å². The van der Waals surface area contributed by atoms with Crippen molar-refractivity contribution in [1.29, 1.82) is 0 Å². The zero-order chi connectivity index (χ0) is 9.10. The molecule has 0 amide bonds. The second-order valence-electron chi connectivity index (χ2n) is 2.72. The van der Waals surface area contributed by atoms with Gasteiger partial charge < -0.3 is 14.2 Å². The van der Waals surface area contributed by atoms with Gasteiger partial charge in [-0.05, 0) is 18.6 Å². The number of nitrogens with zero attached hydrogens (tertiary/aromatic N) is 1. The molecular formula is C9H10N2O2. The first-order valence-corrected chi connectivity index (χ1v) is 4.02. The predicted molar refractivity (Wildman–Crippen MR) is 47.3 cm³/mol. The quantitative estimate of drug-likeness (QED) is 0.782. The number of anilines is 1. The van der Waals surface area contributed by atoms with Crippen molar-refractivity contribution >= 4 is 6.01 Å². The van der Waals surface area contributed by atoms with Gasteiger partial charge >= 0.3 is 0 Å². The van der Waals surface area contributed by atoms with Gasteiger partial charge in [-0.1, -0.05) is 0 Å². The average Bonchev–Trinajstić information content (AvgIpc) is 2.72. The van der Waals surface area contributed by atoms with Crippen LogP contribution in [0.15, 0.2) is 33.6 Å². The number of oxazole rings is 1. The minimum absolute atomic E-state index is 0.510. The predicted octanol–water partition coefficient (Wildman–Crippen LogP) is 2.19. The summed E-state index contributed by atoms with van der Waals surface area (Å²) in [5, 5.41) is 3.00. The van der Waals surface area contributed by atoms with Crippen molar-refractivity contribution in [3.63, 3.8) is 0 Å². The molecule has 0 aliphatic carbocycles. The van der Waals surface area contributed by atoms with Crippen LogP contribution in [0.3, 0.4) is 0 Å². The molecule has 0 fully saturated rings. The van der Waals surface area contributed by atoms with Crippen LogP contribution in [0.2, 0.25) is 0 Å². The van der Waals surface area contributed by atoms with Gasteiger partial charge in [0.05, 0.1) is 19.0 Å². The molecule has 1 N–H and O–H groups in total. The molecule has 2 aromatic heterocycles. The molecule has 0 radical (unpaired) electrons. The summed E-state index contributed by atoms with van der Waals surface area (Å²) in [6.45, 7) is 2.59. The summed E-state index contributed by atoms with van der Waals surface area (Å²) in [5.74, 6) is 0.901. The van der Waals surface area contributed by atoms with Crippen LogP contribution in [0.4, 0.5) is 6.01 Å². The van der Waals surface area contributed by atoms with Crippen molar-refractivity contribution in [2.75, 3.05) is 5.32 Å². The van der Waals surface area contributed by atoms with E-state index in [1.165, 1.54) is 6.26 Å². The van der Waals surface area contributed by atoms with Gasteiger partial charge in [-0.2, -0.15) is 0 Å². The van der Waals surface area contributed by atoms with Crippen molar-refractivity contribution in [3.05, 3.63) is 36.1 Å².